The highest BCUT2D eigenvalue weighted by Crippen LogP contribution is 2.14. The fourth-order valence-corrected chi connectivity index (χ4v) is 2.14. The standard InChI is InChI=1S/C5H10N2O4S.2C2H6/c1-6-3-4-7(5(8)11-2)12(6,9)10;2*1-2/h3-4H2,1-2H3;2*1-2H3. The summed E-state index contributed by atoms with van der Waals surface area (Å²) in [6, 6.07) is 0. The van der Waals surface area contributed by atoms with Crippen LogP contribution in [0.2, 0.25) is 0 Å². The van der Waals surface area contributed by atoms with Gasteiger partial charge in [-0.15, -0.1) is 0 Å². The van der Waals surface area contributed by atoms with E-state index in [0.29, 0.717) is 10.8 Å². The van der Waals surface area contributed by atoms with Crippen LogP contribution in [0.4, 0.5) is 4.79 Å². The van der Waals surface area contributed by atoms with Gasteiger partial charge in [0.05, 0.1) is 13.7 Å². The summed E-state index contributed by atoms with van der Waals surface area (Å²) in [5, 5.41) is 0. The summed E-state index contributed by atoms with van der Waals surface area (Å²) in [4.78, 5) is 10.9. The molecule has 0 radical (unpaired) electrons. The van der Waals surface area contributed by atoms with Crippen LogP contribution in [0.3, 0.4) is 0 Å². The third-order valence-corrected chi connectivity index (χ3v) is 3.53. The van der Waals surface area contributed by atoms with Gasteiger partial charge in [0, 0.05) is 13.6 Å². The number of amides is 1. The van der Waals surface area contributed by atoms with E-state index in [1.807, 2.05) is 27.7 Å². The molecule has 1 saturated heterocycles. The fourth-order valence-electron chi connectivity index (χ4n) is 0.918. The van der Waals surface area contributed by atoms with Gasteiger partial charge in [-0.1, -0.05) is 27.7 Å². The molecule has 0 N–H and O–H groups in total. The third kappa shape index (κ3) is 3.97. The van der Waals surface area contributed by atoms with Crippen LogP contribution >= 0.6 is 0 Å². The van der Waals surface area contributed by atoms with Crippen LogP contribution in [-0.2, 0) is 14.9 Å². The molecule has 1 aliphatic heterocycles. The lowest BCUT2D eigenvalue weighted by molar-refractivity contribution is 0.152. The van der Waals surface area contributed by atoms with Gasteiger partial charge in [-0.3, -0.25) is 0 Å². The van der Waals surface area contributed by atoms with Crippen LogP contribution < -0.4 is 0 Å². The van der Waals surface area contributed by atoms with Gasteiger partial charge >= 0.3 is 16.3 Å². The number of methoxy groups -OCH3 is 1. The first-order valence-corrected chi connectivity index (χ1v) is 6.72. The molecule has 6 nitrogen and oxygen atoms in total. The van der Waals surface area contributed by atoms with Gasteiger partial charge in [-0.25, -0.2) is 4.79 Å². The van der Waals surface area contributed by atoms with Crippen molar-refractivity contribution in [3.8, 4) is 0 Å². The van der Waals surface area contributed by atoms with E-state index in [4.69, 9.17) is 0 Å². The predicted molar refractivity (Wildman–Crippen MR) is 63.4 cm³/mol. The second-order valence-electron chi connectivity index (χ2n) is 2.37. The number of likely N-dealkylation sites (N-methyl/N-ethyl adjacent to an activating group) is 1. The Bertz CT molecular complexity index is 290. The number of hydrogen-bond acceptors (Lipinski definition) is 4. The van der Waals surface area contributed by atoms with Crippen molar-refractivity contribution in [1.82, 2.24) is 8.61 Å². The van der Waals surface area contributed by atoms with E-state index in [-0.39, 0.29) is 6.54 Å². The van der Waals surface area contributed by atoms with Crippen molar-refractivity contribution in [2.24, 2.45) is 0 Å². The predicted octanol–water partition coefficient (Wildman–Crippen LogP) is 1.30. The third-order valence-electron chi connectivity index (χ3n) is 1.67. The smallest absolute Gasteiger partial charge is 0.424 e. The number of hydrogen-bond donors (Lipinski definition) is 0. The van der Waals surface area contributed by atoms with E-state index < -0.39 is 16.3 Å². The molecule has 0 saturated carbocycles. The zero-order valence-electron chi connectivity index (χ0n) is 10.8. The fraction of sp³-hybridized carbons (Fsp3) is 0.889. The van der Waals surface area contributed by atoms with E-state index in [2.05, 4.69) is 4.74 Å². The molecular weight excluding hydrogens is 232 g/mol. The van der Waals surface area contributed by atoms with E-state index in [9.17, 15) is 13.2 Å². The topological polar surface area (TPSA) is 66.9 Å². The number of rotatable bonds is 0. The van der Waals surface area contributed by atoms with Crippen molar-refractivity contribution < 1.29 is 17.9 Å². The molecule has 1 rings (SSSR count). The Morgan fingerprint density at radius 3 is 1.81 bits per heavy atom. The van der Waals surface area contributed by atoms with Crippen LogP contribution in [0, 0.1) is 0 Å². The molecular formula is C9H22N2O4S. The normalized spacial score (nSPS) is 17.8. The average molecular weight is 254 g/mol. The highest BCUT2D eigenvalue weighted by Gasteiger charge is 2.37. The molecule has 0 spiro atoms. The molecule has 7 heteroatoms. The molecule has 16 heavy (non-hydrogen) atoms. The zero-order valence-corrected chi connectivity index (χ0v) is 11.7. The van der Waals surface area contributed by atoms with Gasteiger partial charge in [0.2, 0.25) is 0 Å². The van der Waals surface area contributed by atoms with E-state index >= 15 is 0 Å². The summed E-state index contributed by atoms with van der Waals surface area (Å²) in [5.41, 5.74) is 0. The Morgan fingerprint density at radius 1 is 1.12 bits per heavy atom. The number of ether oxygens (including phenoxy) is 1. The Hall–Kier alpha value is -0.820. The molecule has 0 atom stereocenters. The second-order valence-corrected chi connectivity index (χ2v) is 4.33. The van der Waals surface area contributed by atoms with Crippen molar-refractivity contribution in [2.75, 3.05) is 27.2 Å². The molecule has 0 aliphatic carbocycles. The molecule has 0 aromatic heterocycles. The highest BCUT2D eigenvalue weighted by molar-refractivity contribution is 7.87. The van der Waals surface area contributed by atoms with E-state index in [1.165, 1.54) is 7.05 Å². The summed E-state index contributed by atoms with van der Waals surface area (Å²) in [6.07, 6.45) is -0.834. The molecule has 0 bridgehead atoms. The van der Waals surface area contributed by atoms with Crippen molar-refractivity contribution in [1.29, 1.82) is 0 Å². The van der Waals surface area contributed by atoms with Gasteiger partial charge in [-0.05, 0) is 0 Å². The number of nitrogens with zero attached hydrogens (tertiary/aromatic N) is 2. The molecule has 1 amide bonds. The van der Waals surface area contributed by atoms with Gasteiger partial charge < -0.3 is 4.74 Å². The Balaban J connectivity index is 0. The number of carbonyl (C=O) groups is 1. The van der Waals surface area contributed by atoms with Crippen molar-refractivity contribution >= 4 is 16.3 Å². The Kier molecular flexibility index (Phi) is 9.17. The molecule has 0 aromatic rings. The summed E-state index contributed by atoms with van der Waals surface area (Å²) in [7, 11) is -1.02. The SMILES string of the molecule is CC.CC.COC(=O)N1CCN(C)S1(=O)=O. The van der Waals surface area contributed by atoms with Crippen LogP contribution in [-0.4, -0.2) is 50.4 Å². The van der Waals surface area contributed by atoms with Gasteiger partial charge in [0.1, 0.15) is 0 Å². The van der Waals surface area contributed by atoms with Crippen LogP contribution in [0.25, 0.3) is 0 Å². The summed E-state index contributed by atoms with van der Waals surface area (Å²) in [6.45, 7) is 8.48. The molecule has 1 fully saturated rings. The molecule has 0 aromatic carbocycles. The molecule has 0 unspecified atom stereocenters. The summed E-state index contributed by atoms with van der Waals surface area (Å²) in [5.74, 6) is 0. The second kappa shape index (κ2) is 8.35. The first kappa shape index (κ1) is 17.6. The minimum Gasteiger partial charge on any atom is -0.452 e. The zero-order chi connectivity index (χ0) is 13.4. The molecule has 1 heterocycles. The summed E-state index contributed by atoms with van der Waals surface area (Å²) >= 11 is 0. The van der Waals surface area contributed by atoms with Gasteiger partial charge in [0.25, 0.3) is 0 Å². The van der Waals surface area contributed by atoms with E-state index in [0.717, 1.165) is 11.4 Å². The van der Waals surface area contributed by atoms with Crippen LogP contribution in [0.5, 0.6) is 0 Å². The lowest BCUT2D eigenvalue weighted by Crippen LogP contribution is -2.35. The number of carbonyl (C=O) groups excluding carboxylic acids is 1. The minimum absolute atomic E-state index is 0.158. The molecule has 1 aliphatic rings. The maximum absolute atomic E-state index is 11.2. The Labute approximate surface area is 98.4 Å². The van der Waals surface area contributed by atoms with Crippen molar-refractivity contribution in [2.45, 2.75) is 27.7 Å². The van der Waals surface area contributed by atoms with Crippen LogP contribution in [0.15, 0.2) is 0 Å². The monoisotopic (exact) mass is 254 g/mol. The maximum Gasteiger partial charge on any atom is 0.424 e. The lowest BCUT2D eigenvalue weighted by atomic mass is 10.6. The van der Waals surface area contributed by atoms with Crippen molar-refractivity contribution in [3.63, 3.8) is 0 Å². The highest BCUT2D eigenvalue weighted by atomic mass is 32.2. The Morgan fingerprint density at radius 2 is 1.56 bits per heavy atom. The lowest BCUT2D eigenvalue weighted by Gasteiger charge is -2.13. The van der Waals surface area contributed by atoms with E-state index in [1.54, 1.807) is 0 Å². The van der Waals surface area contributed by atoms with Crippen LogP contribution in [0.1, 0.15) is 27.7 Å². The first-order chi connectivity index (χ1) is 7.50. The summed E-state index contributed by atoms with van der Waals surface area (Å²) < 4.78 is 28.6. The van der Waals surface area contributed by atoms with Gasteiger partial charge in [-0.2, -0.15) is 17.0 Å². The van der Waals surface area contributed by atoms with Gasteiger partial charge in [0.15, 0.2) is 0 Å². The average Bonchev–Trinajstić information content (AvgIpc) is 2.58. The maximum atomic E-state index is 11.2. The largest absolute Gasteiger partial charge is 0.452 e. The minimum atomic E-state index is -3.59. The molecule has 98 valence electrons. The van der Waals surface area contributed by atoms with Crippen molar-refractivity contribution in [3.05, 3.63) is 0 Å². The quantitative estimate of drug-likeness (QED) is 0.653. The first-order valence-electron chi connectivity index (χ1n) is 5.32.